The Morgan fingerprint density at radius 1 is 1.22 bits per heavy atom. The number of ether oxygens (including phenoxy) is 1. The molecule has 0 bridgehead atoms. The first-order valence-electron chi connectivity index (χ1n) is 8.84. The minimum absolute atomic E-state index is 0.207. The minimum Gasteiger partial charge on any atom is -0.497 e. The number of nitrogens with zero attached hydrogens (tertiary/aromatic N) is 3. The van der Waals surface area contributed by atoms with E-state index in [4.69, 9.17) is 21.4 Å². The summed E-state index contributed by atoms with van der Waals surface area (Å²) in [5, 5.41) is 4.40. The van der Waals surface area contributed by atoms with Gasteiger partial charge in [0.1, 0.15) is 11.6 Å². The molecule has 0 aliphatic heterocycles. The lowest BCUT2D eigenvalue weighted by atomic mass is 10.2. The summed E-state index contributed by atoms with van der Waals surface area (Å²) in [6.07, 6.45) is 2.31. The van der Waals surface area contributed by atoms with Gasteiger partial charge in [0.15, 0.2) is 0 Å². The lowest BCUT2D eigenvalue weighted by Crippen LogP contribution is -2.28. The van der Waals surface area contributed by atoms with Crippen LogP contribution in [0.2, 0.25) is 0 Å². The summed E-state index contributed by atoms with van der Waals surface area (Å²) in [7, 11) is 1.66. The van der Waals surface area contributed by atoms with E-state index in [2.05, 4.69) is 22.1 Å². The first-order chi connectivity index (χ1) is 13.1. The topological polar surface area (TPSA) is 43.4 Å². The van der Waals surface area contributed by atoms with Gasteiger partial charge in [0.05, 0.1) is 19.3 Å². The van der Waals surface area contributed by atoms with Crippen molar-refractivity contribution in [3.8, 4) is 17.2 Å². The predicted octanol–water partition coefficient (Wildman–Crippen LogP) is 4.64. The van der Waals surface area contributed by atoms with E-state index in [1.165, 1.54) is 11.6 Å². The molecular formula is C20H20FN3O2S. The van der Waals surface area contributed by atoms with Crippen molar-refractivity contribution in [2.45, 2.75) is 32.1 Å². The smallest absolute Gasteiger partial charge is 0.288 e. The quantitative estimate of drug-likeness (QED) is 0.554. The predicted molar refractivity (Wildman–Crippen MR) is 102 cm³/mol. The Balaban J connectivity index is 1.54. The van der Waals surface area contributed by atoms with E-state index in [9.17, 15) is 4.39 Å². The molecule has 0 unspecified atom stereocenters. The van der Waals surface area contributed by atoms with Gasteiger partial charge in [-0.3, -0.25) is 4.90 Å². The van der Waals surface area contributed by atoms with Crippen molar-refractivity contribution < 1.29 is 13.5 Å². The van der Waals surface area contributed by atoms with Crippen molar-refractivity contribution in [2.24, 2.45) is 0 Å². The second-order valence-corrected chi connectivity index (χ2v) is 6.97. The number of hydrogen-bond acceptors (Lipinski definition) is 5. The van der Waals surface area contributed by atoms with Crippen molar-refractivity contribution in [3.63, 3.8) is 0 Å². The largest absolute Gasteiger partial charge is 0.497 e. The van der Waals surface area contributed by atoms with Gasteiger partial charge in [0.25, 0.3) is 4.84 Å². The summed E-state index contributed by atoms with van der Waals surface area (Å²) in [6, 6.07) is 14.9. The van der Waals surface area contributed by atoms with Crippen LogP contribution in [0.1, 0.15) is 18.4 Å². The van der Waals surface area contributed by atoms with Crippen LogP contribution in [0, 0.1) is 10.7 Å². The van der Waals surface area contributed by atoms with Crippen molar-refractivity contribution in [3.05, 3.63) is 64.7 Å². The second kappa shape index (κ2) is 7.62. The molecule has 2 aromatic carbocycles. The zero-order valence-electron chi connectivity index (χ0n) is 15.0. The Hall–Kier alpha value is -2.51. The summed E-state index contributed by atoms with van der Waals surface area (Å²) < 4.78 is 26.4. The molecule has 1 heterocycles. The molecule has 27 heavy (non-hydrogen) atoms. The normalized spacial score (nSPS) is 13.9. The van der Waals surface area contributed by atoms with Gasteiger partial charge in [-0.15, -0.1) is 5.10 Å². The molecule has 0 radical (unpaired) electrons. The van der Waals surface area contributed by atoms with Crippen LogP contribution in [0.4, 0.5) is 4.39 Å². The molecule has 0 saturated heterocycles. The average Bonchev–Trinajstić information content (AvgIpc) is 3.46. The summed E-state index contributed by atoms with van der Waals surface area (Å²) >= 11 is 5.31. The number of halogens is 1. The molecule has 7 heteroatoms. The van der Waals surface area contributed by atoms with E-state index < -0.39 is 0 Å². The molecule has 5 nitrogen and oxygen atoms in total. The van der Waals surface area contributed by atoms with Crippen molar-refractivity contribution >= 4 is 12.2 Å². The molecule has 0 atom stereocenters. The number of aromatic nitrogens is 2. The highest BCUT2D eigenvalue weighted by Crippen LogP contribution is 2.29. The lowest BCUT2D eigenvalue weighted by molar-refractivity contribution is 0.184. The molecule has 1 aliphatic rings. The standard InChI is InChI=1S/C20H20FN3O2S/c1-25-16-10-6-14(7-11-16)12-23(15-8-9-15)13-24-20(27)26-19(22-24)17-4-2-3-5-18(17)21/h2-7,10-11,15H,8-9,12-13H2,1H3. The zero-order valence-corrected chi connectivity index (χ0v) is 15.8. The first kappa shape index (κ1) is 17.9. The van der Waals surface area contributed by atoms with Crippen molar-refractivity contribution in [1.29, 1.82) is 0 Å². The molecule has 0 amide bonds. The lowest BCUT2D eigenvalue weighted by Gasteiger charge is -2.21. The Morgan fingerprint density at radius 2 is 1.96 bits per heavy atom. The zero-order chi connectivity index (χ0) is 18.8. The fourth-order valence-electron chi connectivity index (χ4n) is 3.01. The fourth-order valence-corrected chi connectivity index (χ4v) is 3.19. The number of benzene rings is 2. The summed E-state index contributed by atoms with van der Waals surface area (Å²) in [5.74, 6) is 0.668. The highest BCUT2D eigenvalue weighted by molar-refractivity contribution is 7.71. The van der Waals surface area contributed by atoms with Crippen LogP contribution < -0.4 is 4.74 Å². The van der Waals surface area contributed by atoms with E-state index in [-0.39, 0.29) is 16.5 Å². The Morgan fingerprint density at radius 3 is 2.63 bits per heavy atom. The van der Waals surface area contributed by atoms with Crippen LogP contribution in [0.15, 0.2) is 52.9 Å². The monoisotopic (exact) mass is 385 g/mol. The van der Waals surface area contributed by atoms with Crippen LogP contribution in [0.3, 0.4) is 0 Å². The van der Waals surface area contributed by atoms with Gasteiger partial charge in [-0.25, -0.2) is 9.07 Å². The van der Waals surface area contributed by atoms with E-state index in [0.717, 1.165) is 25.1 Å². The third-order valence-corrected chi connectivity index (χ3v) is 4.93. The van der Waals surface area contributed by atoms with Gasteiger partial charge in [-0.2, -0.15) is 0 Å². The van der Waals surface area contributed by atoms with Crippen LogP contribution in [-0.4, -0.2) is 27.8 Å². The highest BCUT2D eigenvalue weighted by atomic mass is 32.1. The SMILES string of the molecule is COc1ccc(CN(Cn2nc(-c3ccccc3F)oc2=S)C2CC2)cc1. The van der Waals surface area contributed by atoms with Crippen LogP contribution in [0.5, 0.6) is 5.75 Å². The van der Waals surface area contributed by atoms with Gasteiger partial charge in [-0.05, 0) is 54.9 Å². The molecule has 1 saturated carbocycles. The molecule has 1 fully saturated rings. The molecule has 140 valence electrons. The third kappa shape index (κ3) is 4.09. The summed E-state index contributed by atoms with van der Waals surface area (Å²) in [6.45, 7) is 1.28. The fraction of sp³-hybridized carbons (Fsp3) is 0.300. The maximum Gasteiger partial charge on any atom is 0.288 e. The van der Waals surface area contributed by atoms with E-state index in [1.807, 2.05) is 12.1 Å². The number of methoxy groups -OCH3 is 1. The van der Waals surface area contributed by atoms with E-state index in [0.29, 0.717) is 18.3 Å². The molecule has 1 aliphatic carbocycles. The second-order valence-electron chi connectivity index (χ2n) is 6.62. The highest BCUT2D eigenvalue weighted by Gasteiger charge is 2.30. The van der Waals surface area contributed by atoms with Crippen LogP contribution >= 0.6 is 12.2 Å². The van der Waals surface area contributed by atoms with Crippen LogP contribution in [-0.2, 0) is 13.2 Å². The Labute approximate surface area is 162 Å². The van der Waals surface area contributed by atoms with Gasteiger partial charge < -0.3 is 9.15 Å². The van der Waals surface area contributed by atoms with Crippen molar-refractivity contribution in [1.82, 2.24) is 14.7 Å². The Bertz CT molecular complexity index is 979. The van der Waals surface area contributed by atoms with Crippen molar-refractivity contribution in [2.75, 3.05) is 7.11 Å². The van der Waals surface area contributed by atoms with Crippen LogP contribution in [0.25, 0.3) is 11.5 Å². The minimum atomic E-state index is -0.377. The number of rotatable bonds is 7. The molecule has 1 aromatic heterocycles. The molecule has 0 spiro atoms. The maximum atomic E-state index is 14.0. The van der Waals surface area contributed by atoms with Gasteiger partial charge in [0, 0.05) is 12.6 Å². The van der Waals surface area contributed by atoms with Gasteiger partial charge in [0.2, 0.25) is 5.89 Å². The summed E-state index contributed by atoms with van der Waals surface area (Å²) in [5.41, 5.74) is 1.50. The summed E-state index contributed by atoms with van der Waals surface area (Å²) in [4.78, 5) is 2.55. The third-order valence-electron chi connectivity index (χ3n) is 4.63. The molecule has 4 rings (SSSR count). The molecular weight excluding hydrogens is 365 g/mol. The maximum absolute atomic E-state index is 14.0. The molecule has 3 aromatic rings. The van der Waals surface area contributed by atoms with E-state index >= 15 is 0 Å². The number of hydrogen-bond donors (Lipinski definition) is 0. The average molecular weight is 385 g/mol. The molecule has 0 N–H and O–H groups in total. The van der Waals surface area contributed by atoms with Gasteiger partial charge in [-0.1, -0.05) is 24.3 Å². The van der Waals surface area contributed by atoms with E-state index in [1.54, 1.807) is 30.0 Å². The Kier molecular flexibility index (Phi) is 5.05. The first-order valence-corrected chi connectivity index (χ1v) is 9.24. The van der Waals surface area contributed by atoms with Gasteiger partial charge >= 0.3 is 0 Å².